The molecule has 0 amide bonds. The first-order chi connectivity index (χ1) is 11.7. The molecular weight excluding hydrogens is 296 g/mol. The summed E-state index contributed by atoms with van der Waals surface area (Å²) in [4.78, 5) is 5.29. The van der Waals surface area contributed by atoms with Gasteiger partial charge in [-0.25, -0.2) is 4.68 Å². The van der Waals surface area contributed by atoms with Crippen LogP contribution < -0.4 is 0 Å². The van der Waals surface area contributed by atoms with E-state index in [1.165, 1.54) is 67.8 Å². The lowest BCUT2D eigenvalue weighted by molar-refractivity contribution is 0.0185. The third-order valence-corrected chi connectivity index (χ3v) is 5.57. The average molecular weight is 324 g/mol. The first kappa shape index (κ1) is 15.9. The Hall–Kier alpha value is -1.65. The summed E-state index contributed by atoms with van der Waals surface area (Å²) in [7, 11) is 0. The minimum Gasteiger partial charge on any atom is -0.298 e. The van der Waals surface area contributed by atoms with E-state index in [0.29, 0.717) is 0 Å². The first-order valence-corrected chi connectivity index (χ1v) is 9.27. The molecule has 2 saturated heterocycles. The van der Waals surface area contributed by atoms with E-state index in [-0.39, 0.29) is 0 Å². The summed E-state index contributed by atoms with van der Waals surface area (Å²) in [5.74, 6) is 0. The normalized spacial score (nSPS) is 20.2. The molecule has 24 heavy (non-hydrogen) atoms. The van der Waals surface area contributed by atoms with Gasteiger partial charge in [-0.05, 0) is 68.6 Å². The zero-order valence-electron chi connectivity index (χ0n) is 14.9. The molecular formula is C20H28N4. The third-order valence-electron chi connectivity index (χ3n) is 5.57. The Bertz CT molecular complexity index is 680. The summed E-state index contributed by atoms with van der Waals surface area (Å²) < 4.78 is 2.01. The molecule has 4 nitrogen and oxygen atoms in total. The predicted octanol–water partition coefficient (Wildman–Crippen LogP) is 3.16. The van der Waals surface area contributed by atoms with Gasteiger partial charge in [-0.15, -0.1) is 0 Å². The smallest absolute Gasteiger partial charge is 0.0695 e. The van der Waals surface area contributed by atoms with E-state index < -0.39 is 0 Å². The molecule has 2 aliphatic rings. The topological polar surface area (TPSA) is 24.3 Å². The van der Waals surface area contributed by atoms with E-state index in [2.05, 4.69) is 40.9 Å². The van der Waals surface area contributed by atoms with Crippen molar-refractivity contribution in [2.75, 3.05) is 26.2 Å². The van der Waals surface area contributed by atoms with Crippen molar-refractivity contribution in [2.24, 2.45) is 0 Å². The van der Waals surface area contributed by atoms with Crippen molar-refractivity contribution in [1.29, 1.82) is 0 Å². The molecule has 4 heteroatoms. The lowest BCUT2D eigenvalue weighted by atomic mass is 9.98. The van der Waals surface area contributed by atoms with Gasteiger partial charge in [0.25, 0.3) is 0 Å². The van der Waals surface area contributed by atoms with Crippen molar-refractivity contribution in [2.45, 2.75) is 45.7 Å². The van der Waals surface area contributed by atoms with E-state index in [9.17, 15) is 0 Å². The number of nitrogens with zero attached hydrogens (tertiary/aromatic N) is 4. The molecule has 2 fully saturated rings. The Morgan fingerprint density at radius 1 is 1.08 bits per heavy atom. The lowest BCUT2D eigenvalue weighted by Gasteiger charge is -2.47. The standard InChI is InChI=1S/C20H28N4/c1-16-11-17(2)19(20(12-16)24-10-6-7-21-24)15-22-13-18(14-22)23-8-4-3-5-9-23/h6-7,10-12,18H,3-5,8-9,13-15H2,1-2H3. The quantitative estimate of drug-likeness (QED) is 0.863. The fourth-order valence-corrected chi connectivity index (χ4v) is 4.21. The van der Waals surface area contributed by atoms with E-state index in [1.807, 2.05) is 23.1 Å². The van der Waals surface area contributed by atoms with Gasteiger partial charge in [0.05, 0.1) is 5.69 Å². The maximum Gasteiger partial charge on any atom is 0.0695 e. The molecule has 4 rings (SSSR count). The van der Waals surface area contributed by atoms with E-state index in [0.717, 1.165) is 12.6 Å². The van der Waals surface area contributed by atoms with Gasteiger partial charge in [-0.1, -0.05) is 12.5 Å². The monoisotopic (exact) mass is 324 g/mol. The van der Waals surface area contributed by atoms with Crippen molar-refractivity contribution in [3.8, 4) is 5.69 Å². The highest BCUT2D eigenvalue weighted by Crippen LogP contribution is 2.26. The van der Waals surface area contributed by atoms with Gasteiger partial charge in [0.15, 0.2) is 0 Å². The van der Waals surface area contributed by atoms with Gasteiger partial charge >= 0.3 is 0 Å². The molecule has 0 atom stereocenters. The fraction of sp³-hybridized carbons (Fsp3) is 0.550. The summed E-state index contributed by atoms with van der Waals surface area (Å²) >= 11 is 0. The van der Waals surface area contributed by atoms with E-state index in [4.69, 9.17) is 0 Å². The number of benzene rings is 1. The number of aryl methyl sites for hydroxylation is 2. The van der Waals surface area contributed by atoms with Gasteiger partial charge in [0.1, 0.15) is 0 Å². The van der Waals surface area contributed by atoms with Crippen molar-refractivity contribution in [3.63, 3.8) is 0 Å². The second-order valence-corrected chi connectivity index (χ2v) is 7.47. The van der Waals surface area contributed by atoms with Crippen LogP contribution in [0, 0.1) is 13.8 Å². The van der Waals surface area contributed by atoms with Crippen LogP contribution in [0.4, 0.5) is 0 Å². The van der Waals surface area contributed by atoms with Crippen molar-refractivity contribution >= 4 is 0 Å². The van der Waals surface area contributed by atoms with Crippen LogP contribution >= 0.6 is 0 Å². The molecule has 128 valence electrons. The summed E-state index contributed by atoms with van der Waals surface area (Å²) in [5, 5.41) is 4.46. The van der Waals surface area contributed by atoms with Gasteiger partial charge < -0.3 is 0 Å². The molecule has 0 N–H and O–H groups in total. The Morgan fingerprint density at radius 2 is 1.88 bits per heavy atom. The molecule has 2 aliphatic heterocycles. The maximum absolute atomic E-state index is 4.46. The Balaban J connectivity index is 1.47. The average Bonchev–Trinajstić information content (AvgIpc) is 3.06. The van der Waals surface area contributed by atoms with Crippen LogP contribution in [0.2, 0.25) is 0 Å². The summed E-state index contributed by atoms with van der Waals surface area (Å²) in [6.07, 6.45) is 8.10. The predicted molar refractivity (Wildman–Crippen MR) is 97.5 cm³/mol. The first-order valence-electron chi connectivity index (χ1n) is 9.27. The molecule has 0 aliphatic carbocycles. The highest BCUT2D eigenvalue weighted by Gasteiger charge is 2.32. The van der Waals surface area contributed by atoms with Crippen LogP contribution in [0.3, 0.4) is 0 Å². The Labute approximate surface area is 145 Å². The van der Waals surface area contributed by atoms with Gasteiger partial charge in [0, 0.05) is 38.1 Å². The van der Waals surface area contributed by atoms with Crippen molar-refractivity contribution < 1.29 is 0 Å². The minimum absolute atomic E-state index is 0.782. The fourth-order valence-electron chi connectivity index (χ4n) is 4.21. The van der Waals surface area contributed by atoms with Crippen molar-refractivity contribution in [1.82, 2.24) is 19.6 Å². The second-order valence-electron chi connectivity index (χ2n) is 7.47. The van der Waals surface area contributed by atoms with Crippen LogP contribution in [0.5, 0.6) is 0 Å². The lowest BCUT2D eigenvalue weighted by Crippen LogP contribution is -2.59. The number of aromatic nitrogens is 2. The Kier molecular flexibility index (Phi) is 4.42. The number of rotatable bonds is 4. The molecule has 1 aromatic carbocycles. The van der Waals surface area contributed by atoms with E-state index in [1.54, 1.807) is 0 Å². The largest absolute Gasteiger partial charge is 0.298 e. The third kappa shape index (κ3) is 3.13. The molecule has 0 saturated carbocycles. The number of piperidine rings is 1. The molecule has 0 bridgehead atoms. The van der Waals surface area contributed by atoms with Gasteiger partial charge in [0.2, 0.25) is 0 Å². The van der Waals surface area contributed by atoms with Gasteiger partial charge in [-0.2, -0.15) is 5.10 Å². The van der Waals surface area contributed by atoms with E-state index >= 15 is 0 Å². The summed E-state index contributed by atoms with van der Waals surface area (Å²) in [6.45, 7) is 10.5. The highest BCUT2D eigenvalue weighted by atomic mass is 15.3. The van der Waals surface area contributed by atoms with Crippen LogP contribution in [0.1, 0.15) is 36.0 Å². The summed E-state index contributed by atoms with van der Waals surface area (Å²) in [6, 6.07) is 7.34. The van der Waals surface area contributed by atoms with Crippen LogP contribution in [0.25, 0.3) is 5.69 Å². The van der Waals surface area contributed by atoms with Crippen LogP contribution in [-0.2, 0) is 6.54 Å². The summed E-state index contributed by atoms with van der Waals surface area (Å²) in [5.41, 5.74) is 5.33. The maximum atomic E-state index is 4.46. The minimum atomic E-state index is 0.782. The van der Waals surface area contributed by atoms with Crippen LogP contribution in [0.15, 0.2) is 30.6 Å². The Morgan fingerprint density at radius 3 is 2.58 bits per heavy atom. The molecule has 0 radical (unpaired) electrons. The molecule has 3 heterocycles. The molecule has 2 aromatic rings. The second kappa shape index (κ2) is 6.69. The number of hydrogen-bond acceptors (Lipinski definition) is 3. The van der Waals surface area contributed by atoms with Gasteiger partial charge in [-0.3, -0.25) is 9.80 Å². The molecule has 0 spiro atoms. The van der Waals surface area contributed by atoms with Crippen LogP contribution in [-0.4, -0.2) is 51.8 Å². The zero-order chi connectivity index (χ0) is 16.5. The SMILES string of the molecule is Cc1cc(C)c(CN2CC(N3CCCCC3)C2)c(-n2cccn2)c1. The van der Waals surface area contributed by atoms with Crippen molar-refractivity contribution in [3.05, 3.63) is 47.3 Å². The highest BCUT2D eigenvalue weighted by molar-refractivity contribution is 5.48. The number of hydrogen-bond donors (Lipinski definition) is 0. The number of likely N-dealkylation sites (tertiary alicyclic amines) is 2. The molecule has 0 unspecified atom stereocenters. The zero-order valence-corrected chi connectivity index (χ0v) is 14.9. The molecule has 1 aromatic heterocycles.